The van der Waals surface area contributed by atoms with Gasteiger partial charge in [0.15, 0.2) is 0 Å². The summed E-state index contributed by atoms with van der Waals surface area (Å²) in [6, 6.07) is 5.77. The highest BCUT2D eigenvalue weighted by molar-refractivity contribution is 5.09. The summed E-state index contributed by atoms with van der Waals surface area (Å²) in [5.74, 6) is 0. The van der Waals surface area contributed by atoms with Gasteiger partial charge in [-0.15, -0.1) is 5.10 Å². The van der Waals surface area contributed by atoms with Gasteiger partial charge in [0.1, 0.15) is 5.69 Å². The number of aromatic nitrogens is 4. The van der Waals surface area contributed by atoms with Crippen LogP contribution < -0.4 is 0 Å². The number of rotatable bonds is 3. The fourth-order valence-electron chi connectivity index (χ4n) is 1.33. The number of aliphatic hydroxyl groups is 1. The second-order valence-corrected chi connectivity index (χ2v) is 3.28. The molecule has 2 rings (SSSR count). The number of pyridine rings is 1. The molecule has 0 spiro atoms. The molecule has 78 valence electrons. The lowest BCUT2D eigenvalue weighted by molar-refractivity contribution is 0.276. The molecule has 0 saturated heterocycles. The molecule has 0 bridgehead atoms. The van der Waals surface area contributed by atoms with Crippen molar-refractivity contribution in [1.29, 1.82) is 0 Å². The summed E-state index contributed by atoms with van der Waals surface area (Å²) in [6.45, 7) is 1.90. The summed E-state index contributed by atoms with van der Waals surface area (Å²) in [5.41, 5.74) is 1.49. The molecule has 1 atom stereocenters. The number of aliphatic hydroxyl groups excluding tert-OH is 1. The van der Waals surface area contributed by atoms with Crippen LogP contribution in [0.2, 0.25) is 0 Å². The van der Waals surface area contributed by atoms with Crippen LogP contribution in [0.5, 0.6) is 0 Å². The second kappa shape index (κ2) is 4.18. The lowest BCUT2D eigenvalue weighted by atomic mass is 10.2. The third kappa shape index (κ3) is 2.02. The molecule has 0 saturated carbocycles. The van der Waals surface area contributed by atoms with Gasteiger partial charge in [0, 0.05) is 6.20 Å². The van der Waals surface area contributed by atoms with E-state index in [-0.39, 0.29) is 12.6 Å². The fourth-order valence-corrected chi connectivity index (χ4v) is 1.33. The van der Waals surface area contributed by atoms with E-state index in [2.05, 4.69) is 15.3 Å². The highest BCUT2D eigenvalue weighted by atomic mass is 16.3. The van der Waals surface area contributed by atoms with Crippen molar-refractivity contribution in [3.05, 3.63) is 42.0 Å². The first kappa shape index (κ1) is 9.79. The van der Waals surface area contributed by atoms with E-state index in [0.717, 1.165) is 5.69 Å². The molecule has 0 fully saturated rings. The predicted molar refractivity (Wildman–Crippen MR) is 54.0 cm³/mol. The Kier molecular flexibility index (Phi) is 2.73. The Morgan fingerprint density at radius 2 is 2.33 bits per heavy atom. The molecule has 0 aliphatic carbocycles. The summed E-state index contributed by atoms with van der Waals surface area (Å²) in [7, 11) is 0. The summed E-state index contributed by atoms with van der Waals surface area (Å²) in [4.78, 5) is 4.24. The smallest absolute Gasteiger partial charge is 0.108 e. The first-order valence-corrected chi connectivity index (χ1v) is 4.73. The van der Waals surface area contributed by atoms with Gasteiger partial charge in [0.2, 0.25) is 0 Å². The van der Waals surface area contributed by atoms with Gasteiger partial charge in [-0.1, -0.05) is 11.3 Å². The van der Waals surface area contributed by atoms with Gasteiger partial charge in [-0.2, -0.15) is 0 Å². The number of hydrogen-bond acceptors (Lipinski definition) is 4. The lowest BCUT2D eigenvalue weighted by Crippen LogP contribution is -2.08. The van der Waals surface area contributed by atoms with Crippen molar-refractivity contribution in [1.82, 2.24) is 20.0 Å². The quantitative estimate of drug-likeness (QED) is 0.802. The molecular formula is C10H12N4O. The molecule has 0 amide bonds. The van der Waals surface area contributed by atoms with Crippen LogP contribution in [0.4, 0.5) is 0 Å². The van der Waals surface area contributed by atoms with Gasteiger partial charge in [-0.3, -0.25) is 4.98 Å². The van der Waals surface area contributed by atoms with Crippen LogP contribution in [0.25, 0.3) is 0 Å². The van der Waals surface area contributed by atoms with Crippen LogP contribution in [0, 0.1) is 0 Å². The van der Waals surface area contributed by atoms with Crippen molar-refractivity contribution in [3.63, 3.8) is 0 Å². The van der Waals surface area contributed by atoms with E-state index in [0.29, 0.717) is 5.69 Å². The SMILES string of the molecule is CC(c1ccccn1)n1cc(CO)nn1. The molecular weight excluding hydrogens is 192 g/mol. The minimum atomic E-state index is -0.0884. The van der Waals surface area contributed by atoms with Gasteiger partial charge >= 0.3 is 0 Å². The van der Waals surface area contributed by atoms with Crippen LogP contribution in [-0.2, 0) is 6.61 Å². The van der Waals surface area contributed by atoms with E-state index >= 15 is 0 Å². The third-order valence-electron chi connectivity index (χ3n) is 2.23. The summed E-state index contributed by atoms with van der Waals surface area (Å²) < 4.78 is 1.69. The Balaban J connectivity index is 2.24. The molecule has 5 heteroatoms. The first-order chi connectivity index (χ1) is 7.31. The van der Waals surface area contributed by atoms with E-state index in [1.54, 1.807) is 17.1 Å². The van der Waals surface area contributed by atoms with E-state index in [1.807, 2.05) is 25.1 Å². The highest BCUT2D eigenvalue weighted by Crippen LogP contribution is 2.13. The van der Waals surface area contributed by atoms with Gasteiger partial charge in [0.25, 0.3) is 0 Å². The van der Waals surface area contributed by atoms with E-state index < -0.39 is 0 Å². The molecule has 0 aliphatic heterocycles. The molecule has 0 radical (unpaired) electrons. The molecule has 2 heterocycles. The van der Waals surface area contributed by atoms with Crippen LogP contribution >= 0.6 is 0 Å². The Labute approximate surface area is 87.4 Å². The Morgan fingerprint density at radius 1 is 1.47 bits per heavy atom. The van der Waals surface area contributed by atoms with Crippen molar-refractivity contribution in [2.75, 3.05) is 0 Å². The molecule has 0 aromatic carbocycles. The normalized spacial score (nSPS) is 12.7. The Morgan fingerprint density at radius 3 is 2.93 bits per heavy atom. The number of nitrogens with zero attached hydrogens (tertiary/aromatic N) is 4. The van der Waals surface area contributed by atoms with Gasteiger partial charge in [-0.05, 0) is 19.1 Å². The van der Waals surface area contributed by atoms with E-state index in [4.69, 9.17) is 5.11 Å². The average molecular weight is 204 g/mol. The zero-order chi connectivity index (χ0) is 10.7. The molecule has 2 aromatic heterocycles. The van der Waals surface area contributed by atoms with Crippen LogP contribution in [0.1, 0.15) is 24.4 Å². The topological polar surface area (TPSA) is 63.8 Å². The molecule has 5 nitrogen and oxygen atoms in total. The zero-order valence-electron chi connectivity index (χ0n) is 8.41. The minimum absolute atomic E-state index is 0.0269. The summed E-state index contributed by atoms with van der Waals surface area (Å²) in [5, 5.41) is 16.6. The van der Waals surface area contributed by atoms with Crippen LogP contribution in [0.3, 0.4) is 0 Å². The fraction of sp³-hybridized carbons (Fsp3) is 0.300. The second-order valence-electron chi connectivity index (χ2n) is 3.28. The average Bonchev–Trinajstić information content (AvgIpc) is 2.78. The van der Waals surface area contributed by atoms with E-state index in [1.165, 1.54) is 0 Å². The van der Waals surface area contributed by atoms with E-state index in [9.17, 15) is 0 Å². The molecule has 0 aliphatic rings. The van der Waals surface area contributed by atoms with Crippen molar-refractivity contribution in [2.24, 2.45) is 0 Å². The highest BCUT2D eigenvalue weighted by Gasteiger charge is 2.10. The minimum Gasteiger partial charge on any atom is -0.390 e. The van der Waals surface area contributed by atoms with Crippen molar-refractivity contribution >= 4 is 0 Å². The largest absolute Gasteiger partial charge is 0.390 e. The summed E-state index contributed by atoms with van der Waals surface area (Å²) in [6.07, 6.45) is 3.47. The first-order valence-electron chi connectivity index (χ1n) is 4.73. The molecule has 1 unspecified atom stereocenters. The third-order valence-corrected chi connectivity index (χ3v) is 2.23. The Hall–Kier alpha value is -1.75. The van der Waals surface area contributed by atoms with Crippen LogP contribution in [0.15, 0.2) is 30.6 Å². The van der Waals surface area contributed by atoms with Crippen molar-refractivity contribution in [3.8, 4) is 0 Å². The van der Waals surface area contributed by atoms with Gasteiger partial charge in [0.05, 0.1) is 24.5 Å². The molecule has 1 N–H and O–H groups in total. The number of hydrogen-bond donors (Lipinski definition) is 1. The maximum atomic E-state index is 8.87. The van der Waals surface area contributed by atoms with Gasteiger partial charge < -0.3 is 5.11 Å². The Bertz CT molecular complexity index is 426. The zero-order valence-corrected chi connectivity index (χ0v) is 8.41. The standard InChI is InChI=1S/C10H12N4O/c1-8(10-4-2-3-5-11-10)14-6-9(7-15)12-13-14/h2-6,8,15H,7H2,1H3. The van der Waals surface area contributed by atoms with Crippen LogP contribution in [-0.4, -0.2) is 25.1 Å². The maximum Gasteiger partial charge on any atom is 0.108 e. The monoisotopic (exact) mass is 204 g/mol. The summed E-state index contributed by atoms with van der Waals surface area (Å²) >= 11 is 0. The maximum absolute atomic E-state index is 8.87. The van der Waals surface area contributed by atoms with Crippen molar-refractivity contribution < 1.29 is 5.11 Å². The predicted octanol–water partition coefficient (Wildman–Crippen LogP) is 0.775. The molecule has 2 aromatic rings. The lowest BCUT2D eigenvalue weighted by Gasteiger charge is -2.09. The molecule has 15 heavy (non-hydrogen) atoms. The van der Waals surface area contributed by atoms with Crippen molar-refractivity contribution in [2.45, 2.75) is 19.6 Å². The van der Waals surface area contributed by atoms with Gasteiger partial charge in [-0.25, -0.2) is 4.68 Å².